The van der Waals surface area contributed by atoms with E-state index in [4.69, 9.17) is 34.6 Å². The Kier molecular flexibility index (Phi) is 43.9. The predicted molar refractivity (Wildman–Crippen MR) is 218 cm³/mol. The summed E-state index contributed by atoms with van der Waals surface area (Å²) in [7, 11) is -4.74. The van der Waals surface area contributed by atoms with E-state index in [-0.39, 0.29) is 32.7 Å². The Bertz CT molecular complexity index is 835. The molecule has 0 aromatic rings. The number of esters is 2. The number of carbonyl (C=O) groups is 2. The van der Waals surface area contributed by atoms with Crippen molar-refractivity contribution in [1.29, 1.82) is 0 Å². The normalized spacial score (nSPS) is 12.1. The van der Waals surface area contributed by atoms with Gasteiger partial charge in [-0.2, -0.15) is 0 Å². The van der Waals surface area contributed by atoms with E-state index >= 15 is 0 Å². The number of hydrogen-bond acceptors (Lipinski definition) is 9. The molecule has 11 nitrogen and oxygen atoms in total. The first-order chi connectivity index (χ1) is 26.1. The van der Waals surface area contributed by atoms with Gasteiger partial charge < -0.3 is 34.6 Å². The molecule has 0 rings (SSSR count). The summed E-state index contributed by atoms with van der Waals surface area (Å²) in [5, 5.41) is 24.0. The molecule has 0 aromatic heterocycles. The SMILES string of the molecule is CCCCCCCCCCCCCCCCCC(=O)OC[C@H](COP(=O)(O)O)OC(=O)CCCCCCCCCCCCCCCCC.OCC(O)CO. The van der Waals surface area contributed by atoms with Crippen LogP contribution in [0.25, 0.3) is 0 Å². The van der Waals surface area contributed by atoms with Crippen molar-refractivity contribution in [2.75, 3.05) is 26.4 Å². The van der Waals surface area contributed by atoms with Crippen LogP contribution < -0.4 is 0 Å². The number of phosphoric acid groups is 1. The quantitative estimate of drug-likeness (QED) is 0.0226. The second kappa shape index (κ2) is 43.1. The monoisotopic (exact) mass is 797 g/mol. The van der Waals surface area contributed by atoms with E-state index in [1.165, 1.54) is 154 Å². The van der Waals surface area contributed by atoms with Crippen LogP contribution in [0.3, 0.4) is 0 Å². The van der Waals surface area contributed by atoms with E-state index < -0.39 is 38.6 Å². The molecule has 0 aliphatic rings. The van der Waals surface area contributed by atoms with Gasteiger partial charge in [0.2, 0.25) is 0 Å². The van der Waals surface area contributed by atoms with Crippen molar-refractivity contribution in [2.24, 2.45) is 0 Å². The zero-order valence-corrected chi connectivity index (χ0v) is 35.6. The topological polar surface area (TPSA) is 180 Å². The molecule has 0 fully saturated rings. The molecule has 0 radical (unpaired) electrons. The highest BCUT2D eigenvalue weighted by Crippen LogP contribution is 2.36. The number of carbonyl (C=O) groups excluding carboxylic acids is 2. The van der Waals surface area contributed by atoms with Crippen molar-refractivity contribution in [1.82, 2.24) is 0 Å². The Balaban J connectivity index is 0. The molecule has 0 saturated carbocycles. The molecule has 0 amide bonds. The minimum absolute atomic E-state index is 0.220. The molecule has 0 spiro atoms. The maximum absolute atomic E-state index is 12.4. The highest BCUT2D eigenvalue weighted by molar-refractivity contribution is 7.46. The lowest BCUT2D eigenvalue weighted by Gasteiger charge is -2.18. The molecule has 324 valence electrons. The van der Waals surface area contributed by atoms with Crippen LogP contribution in [-0.2, 0) is 28.2 Å². The van der Waals surface area contributed by atoms with Gasteiger partial charge in [0.15, 0.2) is 6.10 Å². The molecule has 0 aromatic carbocycles. The van der Waals surface area contributed by atoms with E-state index in [1.807, 2.05) is 0 Å². The van der Waals surface area contributed by atoms with Crippen LogP contribution >= 0.6 is 7.82 Å². The lowest BCUT2D eigenvalue weighted by molar-refractivity contribution is -0.161. The maximum Gasteiger partial charge on any atom is 0.469 e. The summed E-state index contributed by atoms with van der Waals surface area (Å²) < 4.78 is 26.4. The molecule has 0 heterocycles. The predicted octanol–water partition coefficient (Wildman–Crippen LogP) is 10.4. The van der Waals surface area contributed by atoms with Gasteiger partial charge in [-0.15, -0.1) is 0 Å². The number of hydrogen-bond donors (Lipinski definition) is 5. The second-order valence-electron chi connectivity index (χ2n) is 15.0. The van der Waals surface area contributed by atoms with Crippen molar-refractivity contribution >= 4 is 19.8 Å². The maximum atomic E-state index is 12.4. The average Bonchev–Trinajstić information content (AvgIpc) is 3.15. The van der Waals surface area contributed by atoms with Crippen molar-refractivity contribution < 1.29 is 53.3 Å². The lowest BCUT2D eigenvalue weighted by atomic mass is 10.0. The van der Waals surface area contributed by atoms with Gasteiger partial charge in [0.1, 0.15) is 12.7 Å². The van der Waals surface area contributed by atoms with Gasteiger partial charge in [0, 0.05) is 12.8 Å². The largest absolute Gasteiger partial charge is 0.469 e. The first-order valence-electron chi connectivity index (χ1n) is 22.0. The Morgan fingerprint density at radius 1 is 0.481 bits per heavy atom. The highest BCUT2D eigenvalue weighted by Gasteiger charge is 2.23. The number of rotatable bonds is 40. The van der Waals surface area contributed by atoms with E-state index in [2.05, 4.69) is 18.4 Å². The van der Waals surface area contributed by atoms with E-state index in [9.17, 15) is 14.2 Å². The summed E-state index contributed by atoms with van der Waals surface area (Å²) in [5.74, 6) is -0.869. The second-order valence-corrected chi connectivity index (χ2v) is 16.2. The molecule has 54 heavy (non-hydrogen) atoms. The van der Waals surface area contributed by atoms with Gasteiger partial charge in [0.25, 0.3) is 0 Å². The molecule has 0 bridgehead atoms. The van der Waals surface area contributed by atoms with Crippen molar-refractivity contribution in [2.45, 2.75) is 232 Å². The standard InChI is InChI=1S/C39H77O8P.C3H8O3/c1-3-5-7-9-11-13-15-17-19-21-23-25-27-29-31-33-38(40)45-35-37(36-46-48(42,43)44)47-39(41)34-32-30-28-26-24-22-20-18-16-14-12-10-8-6-4-2;4-1-3(6)2-5/h37H,3-36H2,1-2H3,(H2,42,43,44);3-6H,1-2H2/t37-;/m1./s1. The molecule has 5 N–H and O–H groups in total. The highest BCUT2D eigenvalue weighted by atomic mass is 31.2. The minimum Gasteiger partial charge on any atom is -0.462 e. The first kappa shape index (κ1) is 55.0. The van der Waals surface area contributed by atoms with Crippen LogP contribution in [0.4, 0.5) is 0 Å². The van der Waals surface area contributed by atoms with Crippen LogP contribution in [0.2, 0.25) is 0 Å². The molecule has 0 aliphatic carbocycles. The molecule has 1 atom stereocenters. The third-order valence-corrected chi connectivity index (χ3v) is 10.0. The van der Waals surface area contributed by atoms with Crippen LogP contribution in [0, 0.1) is 0 Å². The van der Waals surface area contributed by atoms with E-state index in [1.54, 1.807) is 0 Å². The molecule has 0 aliphatic heterocycles. The Morgan fingerprint density at radius 2 is 0.778 bits per heavy atom. The van der Waals surface area contributed by atoms with Gasteiger partial charge in [-0.25, -0.2) is 4.57 Å². The number of phosphoric ester groups is 1. The van der Waals surface area contributed by atoms with Gasteiger partial charge in [-0.3, -0.25) is 14.1 Å². The fourth-order valence-electron chi connectivity index (χ4n) is 6.14. The Labute approximate surface area is 330 Å². The number of ether oxygens (including phenoxy) is 2. The third-order valence-electron chi connectivity index (χ3n) is 9.55. The lowest BCUT2D eigenvalue weighted by Crippen LogP contribution is -2.29. The summed E-state index contributed by atoms with van der Waals surface area (Å²) in [6, 6.07) is 0. The smallest absolute Gasteiger partial charge is 0.462 e. The summed E-state index contributed by atoms with van der Waals surface area (Å²) in [6.07, 6.45) is 35.8. The number of unbranched alkanes of at least 4 members (excludes halogenated alkanes) is 28. The number of aliphatic hydroxyl groups is 3. The first-order valence-corrected chi connectivity index (χ1v) is 23.6. The summed E-state index contributed by atoms with van der Waals surface area (Å²) in [4.78, 5) is 42.8. The molecular formula is C42H85O11P. The van der Waals surface area contributed by atoms with E-state index in [0.717, 1.165) is 32.1 Å². The fraction of sp³-hybridized carbons (Fsp3) is 0.952. The Hall–Kier alpha value is -1.07. The van der Waals surface area contributed by atoms with Crippen molar-refractivity contribution in [3.05, 3.63) is 0 Å². The number of aliphatic hydroxyl groups excluding tert-OH is 3. The average molecular weight is 797 g/mol. The van der Waals surface area contributed by atoms with Gasteiger partial charge in [-0.1, -0.05) is 194 Å². The summed E-state index contributed by atoms with van der Waals surface area (Å²) >= 11 is 0. The van der Waals surface area contributed by atoms with Crippen molar-refractivity contribution in [3.8, 4) is 0 Å². The van der Waals surface area contributed by atoms with Gasteiger partial charge in [0.05, 0.1) is 19.8 Å². The minimum atomic E-state index is -4.74. The van der Waals surface area contributed by atoms with Crippen LogP contribution in [0.5, 0.6) is 0 Å². The Morgan fingerprint density at radius 3 is 1.06 bits per heavy atom. The summed E-state index contributed by atoms with van der Waals surface area (Å²) in [5.41, 5.74) is 0. The van der Waals surface area contributed by atoms with Gasteiger partial charge >= 0.3 is 19.8 Å². The van der Waals surface area contributed by atoms with Crippen LogP contribution in [0.15, 0.2) is 0 Å². The zero-order chi connectivity index (χ0) is 40.4. The summed E-state index contributed by atoms with van der Waals surface area (Å²) in [6.45, 7) is 2.98. The van der Waals surface area contributed by atoms with Gasteiger partial charge in [-0.05, 0) is 12.8 Å². The molecule has 0 saturated heterocycles. The third kappa shape index (κ3) is 47.1. The fourth-order valence-corrected chi connectivity index (χ4v) is 6.50. The van der Waals surface area contributed by atoms with Crippen LogP contribution in [0.1, 0.15) is 219 Å². The zero-order valence-electron chi connectivity index (χ0n) is 34.7. The van der Waals surface area contributed by atoms with Crippen molar-refractivity contribution in [3.63, 3.8) is 0 Å². The molecular weight excluding hydrogens is 711 g/mol. The van der Waals surface area contributed by atoms with E-state index in [0.29, 0.717) is 6.42 Å². The molecule has 0 unspecified atom stereocenters. The van der Waals surface area contributed by atoms with Crippen LogP contribution in [-0.4, -0.2) is 75.7 Å². The molecule has 12 heteroatoms.